The molecule has 14 heavy (non-hydrogen) atoms. The van der Waals surface area contributed by atoms with Gasteiger partial charge in [-0.05, 0) is 30.2 Å². The first-order valence-electron chi connectivity index (χ1n) is 3.84. The standard InChI is InChI=1S/C8H8ClNO3S/c9-8-2-1-7(10-14(12)13)5-6(8)3-4-11/h1-2,5,11H,3-4H2. The highest BCUT2D eigenvalue weighted by Gasteiger charge is 2.01. The first-order chi connectivity index (χ1) is 6.63. The first-order valence-corrected chi connectivity index (χ1v) is 5.25. The third kappa shape index (κ3) is 3.10. The second-order valence-electron chi connectivity index (χ2n) is 2.56. The van der Waals surface area contributed by atoms with Crippen LogP contribution in [0.4, 0.5) is 5.69 Å². The van der Waals surface area contributed by atoms with Crippen LogP contribution in [0.25, 0.3) is 0 Å². The Labute approximate surface area is 87.9 Å². The zero-order valence-electron chi connectivity index (χ0n) is 7.14. The van der Waals surface area contributed by atoms with Gasteiger partial charge in [-0.1, -0.05) is 11.6 Å². The normalized spacial score (nSPS) is 9.86. The van der Waals surface area contributed by atoms with Crippen molar-refractivity contribution in [3.8, 4) is 0 Å². The Morgan fingerprint density at radius 1 is 1.43 bits per heavy atom. The van der Waals surface area contributed by atoms with Crippen LogP contribution in [0, 0.1) is 0 Å². The minimum absolute atomic E-state index is 0.0381. The summed E-state index contributed by atoms with van der Waals surface area (Å²) in [5, 5.41) is 9.20. The van der Waals surface area contributed by atoms with Gasteiger partial charge in [-0.15, -0.1) is 4.36 Å². The molecule has 0 aromatic heterocycles. The van der Waals surface area contributed by atoms with Crippen LogP contribution in [0.1, 0.15) is 5.56 Å². The predicted octanol–water partition coefficient (Wildman–Crippen LogP) is 1.57. The second kappa shape index (κ2) is 5.09. The van der Waals surface area contributed by atoms with Gasteiger partial charge in [-0.2, -0.15) is 8.42 Å². The lowest BCUT2D eigenvalue weighted by atomic mass is 10.1. The third-order valence-electron chi connectivity index (χ3n) is 1.59. The molecule has 1 rings (SSSR count). The topological polar surface area (TPSA) is 66.7 Å². The number of aliphatic hydroxyl groups excluding tert-OH is 1. The molecule has 0 heterocycles. The molecule has 4 nitrogen and oxygen atoms in total. The van der Waals surface area contributed by atoms with Gasteiger partial charge in [0.25, 0.3) is 0 Å². The van der Waals surface area contributed by atoms with Gasteiger partial charge in [0.05, 0.1) is 5.69 Å². The van der Waals surface area contributed by atoms with Gasteiger partial charge in [0.2, 0.25) is 0 Å². The van der Waals surface area contributed by atoms with Crippen LogP contribution in [-0.2, 0) is 16.9 Å². The van der Waals surface area contributed by atoms with E-state index in [2.05, 4.69) is 4.36 Å². The van der Waals surface area contributed by atoms with E-state index in [1.807, 2.05) is 0 Å². The van der Waals surface area contributed by atoms with Gasteiger partial charge >= 0.3 is 10.5 Å². The van der Waals surface area contributed by atoms with E-state index in [1.165, 1.54) is 12.1 Å². The van der Waals surface area contributed by atoms with Crippen molar-refractivity contribution in [2.45, 2.75) is 6.42 Å². The summed E-state index contributed by atoms with van der Waals surface area (Å²) < 4.78 is 23.9. The van der Waals surface area contributed by atoms with Gasteiger partial charge < -0.3 is 5.11 Å². The molecular formula is C8H8ClNO3S. The molecule has 0 fully saturated rings. The fourth-order valence-electron chi connectivity index (χ4n) is 1.02. The molecule has 6 heteroatoms. The molecule has 1 N–H and O–H groups in total. The molecule has 0 saturated carbocycles. The van der Waals surface area contributed by atoms with Crippen molar-refractivity contribution in [1.82, 2.24) is 0 Å². The Morgan fingerprint density at radius 2 is 2.14 bits per heavy atom. The van der Waals surface area contributed by atoms with E-state index in [1.54, 1.807) is 6.07 Å². The zero-order chi connectivity index (χ0) is 10.6. The van der Waals surface area contributed by atoms with Gasteiger partial charge in [-0.25, -0.2) is 0 Å². The monoisotopic (exact) mass is 233 g/mol. The molecular weight excluding hydrogens is 226 g/mol. The minimum Gasteiger partial charge on any atom is -0.396 e. The molecule has 0 aliphatic rings. The molecule has 0 saturated heterocycles. The summed E-state index contributed by atoms with van der Waals surface area (Å²) in [6, 6.07) is 4.59. The fraction of sp³-hybridized carbons (Fsp3) is 0.250. The Hall–Kier alpha value is -0.910. The van der Waals surface area contributed by atoms with Crippen LogP contribution in [0.2, 0.25) is 5.02 Å². The van der Waals surface area contributed by atoms with E-state index in [4.69, 9.17) is 16.7 Å². The number of nitrogens with zero attached hydrogens (tertiary/aromatic N) is 1. The first kappa shape index (κ1) is 11.2. The van der Waals surface area contributed by atoms with Crippen molar-refractivity contribution < 1.29 is 13.5 Å². The van der Waals surface area contributed by atoms with E-state index in [9.17, 15) is 8.42 Å². The number of aliphatic hydroxyl groups is 1. The third-order valence-corrected chi connectivity index (χ3v) is 2.32. The number of hydrogen-bond acceptors (Lipinski definition) is 4. The fourth-order valence-corrected chi connectivity index (χ4v) is 1.51. The van der Waals surface area contributed by atoms with E-state index >= 15 is 0 Å². The van der Waals surface area contributed by atoms with Crippen molar-refractivity contribution in [2.75, 3.05) is 6.61 Å². The van der Waals surface area contributed by atoms with Gasteiger partial charge in [-0.3, -0.25) is 0 Å². The molecule has 0 spiro atoms. The van der Waals surface area contributed by atoms with Crippen LogP contribution in [0.5, 0.6) is 0 Å². The Kier molecular flexibility index (Phi) is 4.06. The summed E-state index contributed by atoms with van der Waals surface area (Å²) >= 11 is 5.80. The van der Waals surface area contributed by atoms with Crippen LogP contribution in [0.15, 0.2) is 22.6 Å². The molecule has 0 bridgehead atoms. The van der Waals surface area contributed by atoms with Crippen LogP contribution in [0.3, 0.4) is 0 Å². The average Bonchev–Trinajstić information content (AvgIpc) is 2.10. The number of halogens is 1. The van der Waals surface area contributed by atoms with Crippen LogP contribution < -0.4 is 0 Å². The lowest BCUT2D eigenvalue weighted by molar-refractivity contribution is 0.299. The summed E-state index contributed by atoms with van der Waals surface area (Å²) in [5.74, 6) is 0. The van der Waals surface area contributed by atoms with Crippen molar-refractivity contribution >= 4 is 27.8 Å². The molecule has 0 unspecified atom stereocenters. The lowest BCUT2D eigenvalue weighted by Gasteiger charge is -2.01. The Balaban J connectivity index is 3.12. The molecule has 0 radical (unpaired) electrons. The van der Waals surface area contributed by atoms with Crippen molar-refractivity contribution in [2.24, 2.45) is 4.36 Å². The van der Waals surface area contributed by atoms with Crippen molar-refractivity contribution in [1.29, 1.82) is 0 Å². The van der Waals surface area contributed by atoms with Crippen molar-refractivity contribution in [3.05, 3.63) is 28.8 Å². The Morgan fingerprint density at radius 3 is 2.71 bits per heavy atom. The highest BCUT2D eigenvalue weighted by Crippen LogP contribution is 2.22. The van der Waals surface area contributed by atoms with Crippen LogP contribution >= 0.6 is 11.6 Å². The van der Waals surface area contributed by atoms with E-state index in [0.29, 0.717) is 22.7 Å². The van der Waals surface area contributed by atoms with Crippen LogP contribution in [-0.4, -0.2) is 20.1 Å². The summed E-state index contributed by atoms with van der Waals surface area (Å²) in [6.07, 6.45) is 0.383. The van der Waals surface area contributed by atoms with E-state index in [-0.39, 0.29) is 6.61 Å². The molecule has 0 atom stereocenters. The largest absolute Gasteiger partial charge is 0.396 e. The van der Waals surface area contributed by atoms with Gasteiger partial charge in [0.1, 0.15) is 0 Å². The summed E-state index contributed by atoms with van der Waals surface area (Å²) in [7, 11) is -2.47. The van der Waals surface area contributed by atoms with E-state index in [0.717, 1.165) is 0 Å². The molecule has 0 aliphatic carbocycles. The van der Waals surface area contributed by atoms with E-state index < -0.39 is 10.5 Å². The summed E-state index contributed by atoms with van der Waals surface area (Å²) in [5.41, 5.74) is 0.993. The maximum atomic E-state index is 10.3. The van der Waals surface area contributed by atoms with Gasteiger partial charge in [0, 0.05) is 11.6 Å². The Bertz CT molecular complexity index is 448. The smallest absolute Gasteiger partial charge is 0.316 e. The molecule has 0 amide bonds. The number of benzene rings is 1. The zero-order valence-corrected chi connectivity index (χ0v) is 8.72. The van der Waals surface area contributed by atoms with Crippen molar-refractivity contribution in [3.63, 3.8) is 0 Å². The average molecular weight is 234 g/mol. The lowest BCUT2D eigenvalue weighted by Crippen LogP contribution is -1.90. The minimum atomic E-state index is -2.47. The van der Waals surface area contributed by atoms with Gasteiger partial charge in [0.15, 0.2) is 0 Å². The summed E-state index contributed by atoms with van der Waals surface area (Å²) in [4.78, 5) is 0. The molecule has 1 aromatic rings. The highest BCUT2D eigenvalue weighted by atomic mass is 35.5. The predicted molar refractivity (Wildman–Crippen MR) is 53.2 cm³/mol. The highest BCUT2D eigenvalue weighted by molar-refractivity contribution is 7.61. The molecule has 1 aromatic carbocycles. The number of hydrogen-bond donors (Lipinski definition) is 1. The second-order valence-corrected chi connectivity index (χ2v) is 3.58. The SMILES string of the molecule is O=S(=O)=Nc1ccc(Cl)c(CCO)c1. The quantitative estimate of drug-likeness (QED) is 0.862. The molecule has 0 aliphatic heterocycles. The maximum Gasteiger partial charge on any atom is 0.316 e. The maximum absolute atomic E-state index is 10.3. The number of rotatable bonds is 3. The molecule has 76 valence electrons. The summed E-state index contributed by atoms with van der Waals surface area (Å²) in [6.45, 7) is -0.0381.